The van der Waals surface area contributed by atoms with Crippen LogP contribution in [-0.2, 0) is 32.6 Å². The molecule has 0 aliphatic carbocycles. The molecule has 0 fully saturated rings. The minimum Gasteiger partial charge on any atom is -0.355 e. The van der Waals surface area contributed by atoms with Gasteiger partial charge < -0.3 is 10.2 Å². The summed E-state index contributed by atoms with van der Waals surface area (Å²) < 4.78 is 29.5. The third kappa shape index (κ3) is 8.66. The summed E-state index contributed by atoms with van der Waals surface area (Å²) in [6.45, 7) is 7.23. The Kier molecular flexibility index (Phi) is 11.3. The van der Waals surface area contributed by atoms with Crippen molar-refractivity contribution in [2.75, 3.05) is 17.4 Å². The average Bonchev–Trinajstić information content (AvgIpc) is 2.99. The van der Waals surface area contributed by atoms with Crippen molar-refractivity contribution in [2.45, 2.75) is 51.6 Å². The van der Waals surface area contributed by atoms with E-state index in [2.05, 4.69) is 5.32 Å². The number of hydrogen-bond acceptors (Lipinski definition) is 4. The number of anilines is 1. The Labute approximate surface area is 275 Å². The van der Waals surface area contributed by atoms with E-state index in [1.54, 1.807) is 49.4 Å². The van der Waals surface area contributed by atoms with Gasteiger partial charge in [0.15, 0.2) is 0 Å². The molecule has 45 heavy (non-hydrogen) atoms. The summed E-state index contributed by atoms with van der Waals surface area (Å²) in [5.74, 6) is -0.905. The van der Waals surface area contributed by atoms with Crippen LogP contribution in [0.5, 0.6) is 0 Å². The molecule has 7 nitrogen and oxygen atoms in total. The molecule has 0 unspecified atom stereocenters. The van der Waals surface area contributed by atoms with Gasteiger partial charge in [0.25, 0.3) is 10.0 Å². The van der Waals surface area contributed by atoms with Crippen LogP contribution in [0.4, 0.5) is 5.69 Å². The third-order valence-corrected chi connectivity index (χ3v) is 9.87. The van der Waals surface area contributed by atoms with Crippen molar-refractivity contribution in [1.29, 1.82) is 0 Å². The predicted molar refractivity (Wildman–Crippen MR) is 181 cm³/mol. The van der Waals surface area contributed by atoms with Crippen LogP contribution in [0.2, 0.25) is 10.0 Å². The van der Waals surface area contributed by atoms with E-state index in [0.717, 1.165) is 26.6 Å². The number of sulfonamides is 1. The topological polar surface area (TPSA) is 86.8 Å². The number of carbonyl (C=O) groups is 2. The zero-order valence-electron chi connectivity index (χ0n) is 25.8. The van der Waals surface area contributed by atoms with Crippen LogP contribution in [0.1, 0.15) is 34.7 Å². The van der Waals surface area contributed by atoms with E-state index in [0.29, 0.717) is 27.8 Å². The number of nitrogens with one attached hydrogen (secondary N) is 1. The highest BCUT2D eigenvalue weighted by Gasteiger charge is 2.34. The summed E-state index contributed by atoms with van der Waals surface area (Å²) in [6.07, 6.45) is 0.216. The molecule has 0 aliphatic rings. The fourth-order valence-electron chi connectivity index (χ4n) is 5.14. The number of amides is 2. The standard InChI is InChI=1S/C35H37Cl2N3O4S/c1-5-38-35(42)33(21-27-9-7-6-8-10-27)39(22-28-13-16-31(36)32(37)20-28)34(41)23-40(29-18-25(3)17-26(4)19-29)45(43,44)30-14-11-24(2)12-15-30/h6-20,33H,5,21-23H2,1-4H3,(H,38,42)/t33-/m1/s1. The molecule has 0 radical (unpaired) electrons. The molecule has 0 heterocycles. The smallest absolute Gasteiger partial charge is 0.264 e. The Morgan fingerprint density at radius 3 is 2.02 bits per heavy atom. The van der Waals surface area contributed by atoms with Crippen molar-refractivity contribution in [3.63, 3.8) is 0 Å². The lowest BCUT2D eigenvalue weighted by Crippen LogP contribution is -2.53. The Balaban J connectivity index is 1.83. The van der Waals surface area contributed by atoms with E-state index in [1.807, 2.05) is 57.2 Å². The monoisotopic (exact) mass is 665 g/mol. The second-order valence-corrected chi connectivity index (χ2v) is 13.7. The summed E-state index contributed by atoms with van der Waals surface area (Å²) in [4.78, 5) is 29.6. The molecule has 0 bridgehead atoms. The lowest BCUT2D eigenvalue weighted by Gasteiger charge is -2.34. The lowest BCUT2D eigenvalue weighted by atomic mass is 10.0. The highest BCUT2D eigenvalue weighted by molar-refractivity contribution is 7.92. The van der Waals surface area contributed by atoms with Gasteiger partial charge in [0.05, 0.1) is 20.6 Å². The second-order valence-electron chi connectivity index (χ2n) is 11.0. The van der Waals surface area contributed by atoms with Crippen LogP contribution < -0.4 is 9.62 Å². The van der Waals surface area contributed by atoms with Gasteiger partial charge in [-0.25, -0.2) is 8.42 Å². The van der Waals surface area contributed by atoms with Crippen molar-refractivity contribution < 1.29 is 18.0 Å². The minimum atomic E-state index is -4.19. The van der Waals surface area contributed by atoms with Crippen LogP contribution in [0, 0.1) is 20.8 Å². The molecule has 1 atom stereocenters. The number of benzene rings is 4. The SMILES string of the molecule is CCNC(=O)[C@@H](Cc1ccccc1)N(Cc1ccc(Cl)c(Cl)c1)C(=O)CN(c1cc(C)cc(C)c1)S(=O)(=O)c1ccc(C)cc1. The predicted octanol–water partition coefficient (Wildman–Crippen LogP) is 6.89. The van der Waals surface area contributed by atoms with Crippen molar-refractivity contribution in [2.24, 2.45) is 0 Å². The van der Waals surface area contributed by atoms with Gasteiger partial charge in [-0.15, -0.1) is 0 Å². The number of hydrogen-bond donors (Lipinski definition) is 1. The zero-order chi connectivity index (χ0) is 32.7. The average molecular weight is 667 g/mol. The molecule has 0 saturated heterocycles. The molecule has 236 valence electrons. The number of likely N-dealkylation sites (N-methyl/N-ethyl adjacent to an activating group) is 1. The molecule has 4 rings (SSSR count). The van der Waals surface area contributed by atoms with Gasteiger partial charge in [-0.05, 0) is 86.3 Å². The molecular formula is C35H37Cl2N3O4S. The van der Waals surface area contributed by atoms with E-state index in [-0.39, 0.29) is 23.8 Å². The Morgan fingerprint density at radius 2 is 1.42 bits per heavy atom. The number of carbonyl (C=O) groups excluding carboxylic acids is 2. The fourth-order valence-corrected chi connectivity index (χ4v) is 6.86. The number of aryl methyl sites for hydroxylation is 3. The van der Waals surface area contributed by atoms with Gasteiger partial charge in [-0.3, -0.25) is 13.9 Å². The maximum Gasteiger partial charge on any atom is 0.264 e. The van der Waals surface area contributed by atoms with Crippen LogP contribution in [0.25, 0.3) is 0 Å². The van der Waals surface area contributed by atoms with Gasteiger partial charge in [-0.1, -0.05) is 83.4 Å². The maximum absolute atomic E-state index is 14.5. The molecule has 4 aromatic carbocycles. The first-order valence-corrected chi connectivity index (χ1v) is 16.8. The van der Waals surface area contributed by atoms with Gasteiger partial charge >= 0.3 is 0 Å². The molecule has 0 aromatic heterocycles. The molecular weight excluding hydrogens is 629 g/mol. The summed E-state index contributed by atoms with van der Waals surface area (Å²) in [5, 5.41) is 3.52. The van der Waals surface area contributed by atoms with E-state index >= 15 is 0 Å². The van der Waals surface area contributed by atoms with Gasteiger partial charge in [0.2, 0.25) is 11.8 Å². The Morgan fingerprint density at radius 1 is 0.778 bits per heavy atom. The van der Waals surface area contributed by atoms with Crippen molar-refractivity contribution in [3.8, 4) is 0 Å². The Hall–Kier alpha value is -3.85. The molecule has 0 aliphatic heterocycles. The normalized spacial score (nSPS) is 12.0. The molecule has 1 N–H and O–H groups in total. The lowest BCUT2D eigenvalue weighted by molar-refractivity contribution is -0.140. The zero-order valence-corrected chi connectivity index (χ0v) is 28.1. The van der Waals surface area contributed by atoms with E-state index < -0.39 is 28.5 Å². The highest BCUT2D eigenvalue weighted by atomic mass is 35.5. The molecule has 2 amide bonds. The second kappa shape index (κ2) is 15.0. The van der Waals surface area contributed by atoms with Crippen molar-refractivity contribution in [1.82, 2.24) is 10.2 Å². The number of halogens is 2. The van der Waals surface area contributed by atoms with Crippen LogP contribution in [-0.4, -0.2) is 44.3 Å². The van der Waals surface area contributed by atoms with Gasteiger partial charge in [0, 0.05) is 19.5 Å². The number of rotatable bonds is 12. The molecule has 0 spiro atoms. The van der Waals surface area contributed by atoms with E-state index in [1.165, 1.54) is 17.0 Å². The van der Waals surface area contributed by atoms with Crippen molar-refractivity contribution >= 4 is 50.7 Å². The summed E-state index contributed by atoms with van der Waals surface area (Å²) in [5.41, 5.74) is 4.44. The minimum absolute atomic E-state index is 0.00434. The van der Waals surface area contributed by atoms with Crippen molar-refractivity contribution in [3.05, 3.63) is 129 Å². The summed E-state index contributed by atoms with van der Waals surface area (Å²) in [7, 11) is -4.19. The summed E-state index contributed by atoms with van der Waals surface area (Å²) >= 11 is 12.5. The summed E-state index contributed by atoms with van der Waals surface area (Å²) in [6, 6.07) is 25.4. The highest BCUT2D eigenvalue weighted by Crippen LogP contribution is 2.28. The van der Waals surface area contributed by atoms with Crippen LogP contribution in [0.3, 0.4) is 0 Å². The molecule has 10 heteroatoms. The van der Waals surface area contributed by atoms with E-state index in [9.17, 15) is 18.0 Å². The van der Waals surface area contributed by atoms with Crippen LogP contribution >= 0.6 is 23.2 Å². The molecule has 0 saturated carbocycles. The van der Waals surface area contributed by atoms with Gasteiger partial charge in [-0.2, -0.15) is 0 Å². The first kappa shape index (κ1) is 34.0. The first-order valence-electron chi connectivity index (χ1n) is 14.6. The molecule has 4 aromatic rings. The largest absolute Gasteiger partial charge is 0.355 e. The van der Waals surface area contributed by atoms with Crippen LogP contribution in [0.15, 0.2) is 95.9 Å². The third-order valence-electron chi connectivity index (χ3n) is 7.34. The quantitative estimate of drug-likeness (QED) is 0.179. The Bertz CT molecular complexity index is 1740. The fraction of sp³-hybridized carbons (Fsp3) is 0.257. The number of nitrogens with zero attached hydrogens (tertiary/aromatic N) is 2. The van der Waals surface area contributed by atoms with E-state index in [4.69, 9.17) is 23.2 Å². The van der Waals surface area contributed by atoms with Gasteiger partial charge in [0.1, 0.15) is 12.6 Å². The first-order chi connectivity index (χ1) is 21.4. The maximum atomic E-state index is 14.5.